The first-order chi connectivity index (χ1) is 10.1. The fourth-order valence-electron chi connectivity index (χ4n) is 2.67. The van der Waals surface area contributed by atoms with Crippen LogP contribution in [0.25, 0.3) is 0 Å². The maximum Gasteiger partial charge on any atom is 0.338 e. The van der Waals surface area contributed by atoms with Crippen LogP contribution >= 0.6 is 0 Å². The van der Waals surface area contributed by atoms with Gasteiger partial charge in [-0.15, -0.1) is 0 Å². The fraction of sp³-hybridized carbons (Fsp3) is 0.412. The summed E-state index contributed by atoms with van der Waals surface area (Å²) in [7, 11) is 0. The molecule has 1 aliphatic carbocycles. The van der Waals surface area contributed by atoms with E-state index in [1.54, 1.807) is 0 Å². The van der Waals surface area contributed by atoms with Crippen LogP contribution in [0, 0.1) is 13.8 Å². The Hall–Kier alpha value is -2.10. The van der Waals surface area contributed by atoms with Gasteiger partial charge in [-0.25, -0.2) is 9.78 Å². The Labute approximate surface area is 124 Å². The largest absolute Gasteiger partial charge is 0.452 e. The zero-order valence-electron chi connectivity index (χ0n) is 12.4. The molecule has 0 fully saturated rings. The van der Waals surface area contributed by atoms with E-state index in [1.807, 2.05) is 32.0 Å². The van der Waals surface area contributed by atoms with E-state index >= 15 is 0 Å². The highest BCUT2D eigenvalue weighted by molar-refractivity contribution is 5.89. The van der Waals surface area contributed by atoms with E-state index < -0.39 is 0 Å². The monoisotopic (exact) mass is 285 g/mol. The number of rotatable bonds is 3. The summed E-state index contributed by atoms with van der Waals surface area (Å²) in [6, 6.07) is 5.85. The summed E-state index contributed by atoms with van der Waals surface area (Å²) in [5.41, 5.74) is 4.07. The van der Waals surface area contributed by atoms with Gasteiger partial charge in [-0.3, -0.25) is 0 Å². The van der Waals surface area contributed by atoms with Gasteiger partial charge >= 0.3 is 5.97 Å². The van der Waals surface area contributed by atoms with Crippen molar-refractivity contribution in [1.29, 1.82) is 0 Å². The summed E-state index contributed by atoms with van der Waals surface area (Å²) >= 11 is 0. The lowest BCUT2D eigenvalue weighted by molar-refractivity contribution is 0.0437. The van der Waals surface area contributed by atoms with Crippen molar-refractivity contribution < 1.29 is 13.9 Å². The molecule has 4 heteroatoms. The molecule has 3 rings (SSSR count). The highest BCUT2D eigenvalue weighted by atomic mass is 16.5. The molecule has 1 aliphatic rings. The quantitative estimate of drug-likeness (QED) is 0.810. The molecule has 1 aromatic carbocycles. The van der Waals surface area contributed by atoms with Crippen LogP contribution in [-0.2, 0) is 24.2 Å². The maximum absolute atomic E-state index is 12.1. The molecule has 2 aromatic rings. The van der Waals surface area contributed by atoms with E-state index in [-0.39, 0.29) is 12.6 Å². The highest BCUT2D eigenvalue weighted by Crippen LogP contribution is 2.22. The number of aromatic nitrogens is 1. The molecule has 0 saturated heterocycles. The molecule has 1 heterocycles. The molecule has 0 bridgehead atoms. The van der Waals surface area contributed by atoms with E-state index in [2.05, 4.69) is 4.98 Å². The fourth-order valence-corrected chi connectivity index (χ4v) is 2.67. The predicted octanol–water partition coefficient (Wildman–Crippen LogP) is 3.53. The second kappa shape index (κ2) is 5.72. The van der Waals surface area contributed by atoms with E-state index in [4.69, 9.17) is 9.15 Å². The van der Waals surface area contributed by atoms with E-state index in [0.717, 1.165) is 24.3 Å². The van der Waals surface area contributed by atoms with Gasteiger partial charge < -0.3 is 9.15 Å². The number of aryl methyl sites for hydroxylation is 4. The third kappa shape index (κ3) is 2.99. The lowest BCUT2D eigenvalue weighted by Crippen LogP contribution is -2.09. The van der Waals surface area contributed by atoms with E-state index in [0.29, 0.717) is 11.5 Å². The number of fused-ring (bicyclic) bond motifs is 1. The van der Waals surface area contributed by atoms with E-state index in [9.17, 15) is 4.79 Å². The first kappa shape index (κ1) is 13.9. The average Bonchev–Trinajstić information content (AvgIpc) is 2.83. The second-order valence-electron chi connectivity index (χ2n) is 5.52. The molecule has 21 heavy (non-hydrogen) atoms. The van der Waals surface area contributed by atoms with Crippen LogP contribution < -0.4 is 0 Å². The van der Waals surface area contributed by atoms with Crippen molar-refractivity contribution in [3.8, 4) is 0 Å². The molecule has 110 valence electrons. The van der Waals surface area contributed by atoms with Crippen molar-refractivity contribution in [2.75, 3.05) is 0 Å². The molecule has 4 nitrogen and oxygen atoms in total. The van der Waals surface area contributed by atoms with E-state index in [1.165, 1.54) is 24.0 Å². The lowest BCUT2D eigenvalue weighted by Gasteiger charge is -2.16. The molecular weight excluding hydrogens is 266 g/mol. The third-order valence-electron chi connectivity index (χ3n) is 3.98. The van der Waals surface area contributed by atoms with Crippen LogP contribution in [0.4, 0.5) is 0 Å². The standard InChI is InChI=1S/C17H19NO3/c1-11-12(2)21-16(18-11)10-20-17(19)15-8-7-13-5-3-4-6-14(13)9-15/h7-9H,3-6,10H2,1-2H3. The third-order valence-corrected chi connectivity index (χ3v) is 3.98. The first-order valence-electron chi connectivity index (χ1n) is 7.35. The number of hydrogen-bond acceptors (Lipinski definition) is 4. The lowest BCUT2D eigenvalue weighted by atomic mass is 9.90. The number of nitrogens with zero attached hydrogens (tertiary/aromatic N) is 1. The van der Waals surface area contributed by atoms with Crippen molar-refractivity contribution in [1.82, 2.24) is 4.98 Å². The van der Waals surface area contributed by atoms with Crippen LogP contribution in [0.1, 0.15) is 51.7 Å². The van der Waals surface area contributed by atoms with Gasteiger partial charge in [-0.05, 0) is 62.8 Å². The predicted molar refractivity (Wildman–Crippen MR) is 78.2 cm³/mol. The number of carbonyl (C=O) groups is 1. The van der Waals surface area contributed by atoms with Crippen molar-refractivity contribution in [3.63, 3.8) is 0 Å². The summed E-state index contributed by atoms with van der Waals surface area (Å²) in [5, 5.41) is 0. The summed E-state index contributed by atoms with van der Waals surface area (Å²) in [4.78, 5) is 16.3. The summed E-state index contributed by atoms with van der Waals surface area (Å²) in [6.45, 7) is 3.79. The Morgan fingerprint density at radius 3 is 2.71 bits per heavy atom. The Kier molecular flexibility index (Phi) is 3.78. The van der Waals surface area contributed by atoms with Gasteiger partial charge in [0.15, 0.2) is 6.61 Å². The smallest absolute Gasteiger partial charge is 0.338 e. The van der Waals surface area contributed by atoms with Gasteiger partial charge in [0.25, 0.3) is 0 Å². The Morgan fingerprint density at radius 1 is 1.24 bits per heavy atom. The van der Waals surface area contributed by atoms with Crippen molar-refractivity contribution in [3.05, 3.63) is 52.2 Å². The first-order valence-corrected chi connectivity index (χ1v) is 7.35. The molecular formula is C17H19NO3. The molecule has 0 amide bonds. The Balaban J connectivity index is 1.67. The van der Waals surface area contributed by atoms with Crippen molar-refractivity contribution >= 4 is 5.97 Å². The Morgan fingerprint density at radius 2 is 2.00 bits per heavy atom. The van der Waals surface area contributed by atoms with Crippen molar-refractivity contribution in [2.24, 2.45) is 0 Å². The van der Waals surface area contributed by atoms with Crippen molar-refractivity contribution in [2.45, 2.75) is 46.1 Å². The molecule has 0 radical (unpaired) electrons. The number of benzene rings is 1. The Bertz CT molecular complexity index is 653. The molecule has 0 atom stereocenters. The van der Waals surface area contributed by atoms with Crippen LogP contribution in [0.15, 0.2) is 22.6 Å². The van der Waals surface area contributed by atoms with Gasteiger partial charge in [-0.1, -0.05) is 6.07 Å². The normalized spacial score (nSPS) is 13.8. The summed E-state index contributed by atoms with van der Waals surface area (Å²) in [6.07, 6.45) is 4.59. The molecule has 0 saturated carbocycles. The maximum atomic E-state index is 12.1. The topological polar surface area (TPSA) is 52.3 Å². The van der Waals surface area contributed by atoms with Crippen LogP contribution in [-0.4, -0.2) is 11.0 Å². The van der Waals surface area contributed by atoms with Crippen LogP contribution in [0.3, 0.4) is 0 Å². The summed E-state index contributed by atoms with van der Waals surface area (Å²) < 4.78 is 10.7. The molecule has 0 aliphatic heterocycles. The number of esters is 1. The zero-order chi connectivity index (χ0) is 14.8. The zero-order valence-corrected chi connectivity index (χ0v) is 12.4. The van der Waals surface area contributed by atoms with Gasteiger partial charge in [0, 0.05) is 0 Å². The number of ether oxygens (including phenoxy) is 1. The van der Waals surface area contributed by atoms with Gasteiger partial charge in [-0.2, -0.15) is 0 Å². The van der Waals surface area contributed by atoms with Gasteiger partial charge in [0.2, 0.25) is 5.89 Å². The molecule has 0 N–H and O–H groups in total. The number of carbonyl (C=O) groups excluding carboxylic acids is 1. The molecule has 0 spiro atoms. The van der Waals surface area contributed by atoms with Crippen LogP contribution in [0.2, 0.25) is 0 Å². The minimum Gasteiger partial charge on any atom is -0.452 e. The van der Waals surface area contributed by atoms with Crippen LogP contribution in [0.5, 0.6) is 0 Å². The second-order valence-corrected chi connectivity index (χ2v) is 5.52. The molecule has 1 aromatic heterocycles. The SMILES string of the molecule is Cc1nc(COC(=O)c2ccc3c(c2)CCCC3)oc1C. The number of oxazole rings is 1. The highest BCUT2D eigenvalue weighted by Gasteiger charge is 2.15. The van der Waals surface area contributed by atoms with Gasteiger partial charge in [0.05, 0.1) is 11.3 Å². The van der Waals surface area contributed by atoms with Gasteiger partial charge in [0.1, 0.15) is 5.76 Å². The molecule has 0 unspecified atom stereocenters. The number of hydrogen-bond donors (Lipinski definition) is 0. The minimum atomic E-state index is -0.322. The minimum absolute atomic E-state index is 0.0740. The summed E-state index contributed by atoms with van der Waals surface area (Å²) in [5.74, 6) is 0.878. The average molecular weight is 285 g/mol.